The number of nitrogens with zero attached hydrogens (tertiary/aromatic N) is 1. The van der Waals surface area contributed by atoms with Crippen LogP contribution in [0.2, 0.25) is 5.02 Å². The van der Waals surface area contributed by atoms with E-state index >= 15 is 0 Å². The van der Waals surface area contributed by atoms with Gasteiger partial charge in [-0.2, -0.15) is 0 Å². The molecule has 0 unspecified atom stereocenters. The summed E-state index contributed by atoms with van der Waals surface area (Å²) in [5.74, 6) is 0.221. The van der Waals surface area contributed by atoms with Crippen LogP contribution in [0.4, 0.5) is 0 Å². The summed E-state index contributed by atoms with van der Waals surface area (Å²) in [6, 6.07) is 4.42. The Labute approximate surface area is 121 Å². The average molecular weight is 282 g/mol. The van der Waals surface area contributed by atoms with E-state index in [0.29, 0.717) is 11.1 Å². The molecule has 0 fully saturated rings. The molecule has 0 radical (unpaired) electrons. The predicted molar refractivity (Wildman–Crippen MR) is 81.1 cm³/mol. The van der Waals surface area contributed by atoms with Gasteiger partial charge < -0.3 is 10.0 Å². The number of fused-ring (bicyclic) bond motifs is 1. The first kappa shape index (κ1) is 14.7. The van der Waals surface area contributed by atoms with Crippen LogP contribution in [0.15, 0.2) is 12.1 Å². The normalized spacial score (nSPS) is 18.6. The zero-order chi connectivity index (χ0) is 13.8. The average Bonchev–Trinajstić information content (AvgIpc) is 2.39. The van der Waals surface area contributed by atoms with Gasteiger partial charge in [-0.1, -0.05) is 25.4 Å². The molecule has 1 aliphatic rings. The lowest BCUT2D eigenvalue weighted by Gasteiger charge is -2.35. The Hall–Kier alpha value is -0.730. The van der Waals surface area contributed by atoms with Crippen LogP contribution in [-0.2, 0) is 12.8 Å². The van der Waals surface area contributed by atoms with E-state index in [4.69, 9.17) is 11.6 Å². The molecule has 0 spiro atoms. The molecule has 19 heavy (non-hydrogen) atoms. The zero-order valence-corrected chi connectivity index (χ0v) is 12.7. The molecule has 1 N–H and O–H groups in total. The zero-order valence-electron chi connectivity index (χ0n) is 12.0. The maximum absolute atomic E-state index is 9.76. The van der Waals surface area contributed by atoms with Gasteiger partial charge in [-0.05, 0) is 68.5 Å². The lowest BCUT2D eigenvalue weighted by Crippen LogP contribution is -2.40. The van der Waals surface area contributed by atoms with Gasteiger partial charge in [0.2, 0.25) is 0 Å². The highest BCUT2D eigenvalue weighted by Crippen LogP contribution is 2.32. The third-order valence-corrected chi connectivity index (χ3v) is 4.31. The number of aryl methyl sites for hydroxylation is 1. The third-order valence-electron chi connectivity index (χ3n) is 4.01. The first-order valence-corrected chi connectivity index (χ1v) is 7.77. The number of halogens is 1. The van der Waals surface area contributed by atoms with Gasteiger partial charge in [-0.15, -0.1) is 0 Å². The summed E-state index contributed by atoms with van der Waals surface area (Å²) in [7, 11) is 0. The molecular formula is C16H24ClNO. The molecule has 0 heterocycles. The minimum absolute atomic E-state index is 0.221. The molecule has 2 nitrogen and oxygen atoms in total. The second-order valence-corrected chi connectivity index (χ2v) is 5.91. The first-order chi connectivity index (χ1) is 9.15. The van der Waals surface area contributed by atoms with Crippen molar-refractivity contribution in [1.29, 1.82) is 0 Å². The van der Waals surface area contributed by atoms with E-state index in [1.807, 2.05) is 12.1 Å². The van der Waals surface area contributed by atoms with Gasteiger partial charge in [0, 0.05) is 6.04 Å². The molecule has 1 aromatic carbocycles. The molecule has 3 heteroatoms. The minimum atomic E-state index is 0.221. The van der Waals surface area contributed by atoms with Crippen molar-refractivity contribution in [3.05, 3.63) is 28.3 Å². The maximum atomic E-state index is 9.76. The van der Waals surface area contributed by atoms with Crippen LogP contribution in [0.1, 0.15) is 44.2 Å². The molecule has 1 aromatic rings. The quantitative estimate of drug-likeness (QED) is 0.881. The van der Waals surface area contributed by atoms with Gasteiger partial charge in [0.05, 0.1) is 5.02 Å². The molecule has 0 amide bonds. The van der Waals surface area contributed by atoms with Crippen LogP contribution in [0, 0.1) is 0 Å². The van der Waals surface area contributed by atoms with Crippen molar-refractivity contribution in [3.63, 3.8) is 0 Å². The van der Waals surface area contributed by atoms with E-state index in [0.717, 1.165) is 12.8 Å². The molecule has 0 saturated heterocycles. The number of hydrogen-bond acceptors (Lipinski definition) is 2. The lowest BCUT2D eigenvalue weighted by atomic mass is 9.87. The molecule has 2 rings (SSSR count). The van der Waals surface area contributed by atoms with E-state index in [1.54, 1.807) is 0 Å². The van der Waals surface area contributed by atoms with Crippen LogP contribution in [-0.4, -0.2) is 29.1 Å². The lowest BCUT2D eigenvalue weighted by molar-refractivity contribution is 0.180. The fourth-order valence-electron chi connectivity index (χ4n) is 3.11. The number of hydrogen-bond donors (Lipinski definition) is 1. The van der Waals surface area contributed by atoms with E-state index in [2.05, 4.69) is 18.7 Å². The Morgan fingerprint density at radius 1 is 1.21 bits per heavy atom. The van der Waals surface area contributed by atoms with E-state index < -0.39 is 0 Å². The van der Waals surface area contributed by atoms with E-state index in [1.165, 1.54) is 43.5 Å². The maximum Gasteiger partial charge on any atom is 0.134 e. The highest BCUT2D eigenvalue weighted by molar-refractivity contribution is 6.32. The fraction of sp³-hybridized carbons (Fsp3) is 0.625. The second kappa shape index (κ2) is 6.62. The van der Waals surface area contributed by atoms with Gasteiger partial charge in [-0.25, -0.2) is 0 Å². The van der Waals surface area contributed by atoms with E-state index in [-0.39, 0.29) is 5.75 Å². The van der Waals surface area contributed by atoms with Crippen LogP contribution in [0.5, 0.6) is 5.75 Å². The van der Waals surface area contributed by atoms with Gasteiger partial charge >= 0.3 is 0 Å². The Morgan fingerprint density at radius 3 is 2.53 bits per heavy atom. The Kier molecular flexibility index (Phi) is 5.12. The Bertz CT molecular complexity index is 427. The summed E-state index contributed by atoms with van der Waals surface area (Å²) >= 11 is 5.98. The molecule has 0 saturated carbocycles. The number of benzene rings is 1. The summed E-state index contributed by atoms with van der Waals surface area (Å²) in [5.41, 5.74) is 2.59. The summed E-state index contributed by atoms with van der Waals surface area (Å²) in [5, 5.41) is 10.2. The third kappa shape index (κ3) is 3.43. The van der Waals surface area contributed by atoms with Crippen molar-refractivity contribution in [1.82, 2.24) is 4.90 Å². The van der Waals surface area contributed by atoms with Crippen LogP contribution in [0.25, 0.3) is 0 Å². The molecule has 1 aliphatic carbocycles. The largest absolute Gasteiger partial charge is 0.506 e. The van der Waals surface area contributed by atoms with Crippen LogP contribution in [0.3, 0.4) is 0 Å². The molecule has 0 aromatic heterocycles. The predicted octanol–water partition coefficient (Wildman–Crippen LogP) is 4.02. The number of rotatable bonds is 5. The van der Waals surface area contributed by atoms with Crippen LogP contribution < -0.4 is 0 Å². The van der Waals surface area contributed by atoms with Gasteiger partial charge in [0.15, 0.2) is 0 Å². The topological polar surface area (TPSA) is 23.5 Å². The Balaban J connectivity index is 2.14. The smallest absolute Gasteiger partial charge is 0.134 e. The number of phenols is 1. The van der Waals surface area contributed by atoms with Crippen LogP contribution >= 0.6 is 11.6 Å². The standard InChI is InChI=1S/C16H24ClNO/c1-3-7-18(8-4-2)14-6-5-12-10-15(17)16(19)11-13(12)9-14/h10-11,14,19H,3-9H2,1-2H3/t14-/m0/s1. The van der Waals surface area contributed by atoms with Crippen molar-refractivity contribution < 1.29 is 5.11 Å². The molecule has 0 bridgehead atoms. The highest BCUT2D eigenvalue weighted by atomic mass is 35.5. The van der Waals surface area contributed by atoms with Gasteiger partial charge in [-0.3, -0.25) is 0 Å². The summed E-state index contributed by atoms with van der Waals surface area (Å²) < 4.78 is 0. The van der Waals surface area contributed by atoms with Crippen molar-refractivity contribution in [2.45, 2.75) is 52.0 Å². The second-order valence-electron chi connectivity index (χ2n) is 5.50. The Morgan fingerprint density at radius 2 is 1.89 bits per heavy atom. The minimum Gasteiger partial charge on any atom is -0.506 e. The highest BCUT2D eigenvalue weighted by Gasteiger charge is 2.24. The molecule has 106 valence electrons. The fourth-order valence-corrected chi connectivity index (χ4v) is 3.30. The summed E-state index contributed by atoms with van der Waals surface area (Å²) in [4.78, 5) is 2.61. The van der Waals surface area contributed by atoms with Gasteiger partial charge in [0.1, 0.15) is 5.75 Å². The van der Waals surface area contributed by atoms with E-state index in [9.17, 15) is 5.11 Å². The first-order valence-electron chi connectivity index (χ1n) is 7.40. The van der Waals surface area contributed by atoms with Crippen molar-refractivity contribution in [3.8, 4) is 5.75 Å². The van der Waals surface area contributed by atoms with Crippen molar-refractivity contribution >= 4 is 11.6 Å². The SMILES string of the molecule is CCCN(CCC)[C@H]1CCc2cc(Cl)c(O)cc2C1. The summed E-state index contributed by atoms with van der Waals surface area (Å²) in [6.45, 7) is 6.83. The number of phenolic OH excluding ortho intramolecular Hbond substituents is 1. The molecular weight excluding hydrogens is 258 g/mol. The van der Waals surface area contributed by atoms with Crippen molar-refractivity contribution in [2.75, 3.05) is 13.1 Å². The molecule has 0 aliphatic heterocycles. The number of aromatic hydroxyl groups is 1. The monoisotopic (exact) mass is 281 g/mol. The summed E-state index contributed by atoms with van der Waals surface area (Å²) in [6.07, 6.45) is 5.72. The molecule has 1 atom stereocenters. The van der Waals surface area contributed by atoms with Gasteiger partial charge in [0.25, 0.3) is 0 Å². The van der Waals surface area contributed by atoms with Crippen molar-refractivity contribution in [2.24, 2.45) is 0 Å².